The molecule has 1 atom stereocenters. The average molecular weight is 289 g/mol. The number of carbonyl (C=O) groups excluding carboxylic acids is 1. The lowest BCUT2D eigenvalue weighted by molar-refractivity contribution is -0.171. The predicted molar refractivity (Wildman–Crippen MR) is 79.3 cm³/mol. The number of esters is 1. The van der Waals surface area contributed by atoms with Gasteiger partial charge in [-0.3, -0.25) is 4.79 Å². The second-order valence-electron chi connectivity index (χ2n) is 5.80. The summed E-state index contributed by atoms with van der Waals surface area (Å²) in [6.45, 7) is 8.75. The number of carboxylic acid groups (broad SMARTS) is 1. The Morgan fingerprint density at radius 3 is 2.20 bits per heavy atom. The molecule has 0 heterocycles. The molecule has 0 radical (unpaired) electrons. The number of hydrogen-bond acceptors (Lipinski definition) is 5. The van der Waals surface area contributed by atoms with Gasteiger partial charge in [-0.1, -0.05) is 21.3 Å². The zero-order chi connectivity index (χ0) is 15.2. The molecule has 0 aromatic rings. The Kier molecular flexibility index (Phi) is 9.52. The number of aliphatic carboxylic acids is 1. The highest BCUT2D eigenvalue weighted by Gasteiger charge is 2.34. The van der Waals surface area contributed by atoms with Crippen LogP contribution in [0.4, 0.5) is 0 Å². The second-order valence-corrected chi connectivity index (χ2v) is 5.80. The summed E-state index contributed by atoms with van der Waals surface area (Å²) >= 11 is 0. The molecule has 6 nitrogen and oxygen atoms in total. The number of hydrogen-bond donors (Lipinski definition) is 3. The molecule has 0 unspecified atom stereocenters. The van der Waals surface area contributed by atoms with Crippen LogP contribution in [-0.2, 0) is 14.3 Å². The van der Waals surface area contributed by atoms with Crippen molar-refractivity contribution in [2.24, 2.45) is 11.3 Å². The van der Waals surface area contributed by atoms with Gasteiger partial charge >= 0.3 is 19.0 Å². The zero-order valence-corrected chi connectivity index (χ0v) is 12.3. The Morgan fingerprint density at radius 1 is 1.35 bits per heavy atom. The molecule has 0 amide bonds. The minimum absolute atomic E-state index is 0. The number of nitrogens with one attached hydrogen (secondary N) is 1. The SMILES string of the molecule is C.CB(O)NCC(C)(C)C(=O)O[C@@H](CC(C)C)C(=O)O. The van der Waals surface area contributed by atoms with Crippen LogP contribution in [-0.4, -0.2) is 41.8 Å². The van der Waals surface area contributed by atoms with Gasteiger partial charge in [0.2, 0.25) is 0 Å². The molecule has 3 N–H and O–H groups in total. The average Bonchev–Trinajstić information content (AvgIpc) is 2.24. The maximum atomic E-state index is 12.0. The lowest BCUT2D eigenvalue weighted by atomic mass is 9.84. The number of carboxylic acids is 1. The van der Waals surface area contributed by atoms with E-state index in [1.54, 1.807) is 20.7 Å². The molecule has 0 aliphatic heterocycles. The van der Waals surface area contributed by atoms with Gasteiger partial charge in [-0.2, -0.15) is 0 Å². The molecule has 20 heavy (non-hydrogen) atoms. The Balaban J connectivity index is 0. The standard InChI is InChI=1S/C12H24BNO5.CH4/c1-8(2)6-9(10(15)16)19-11(17)12(3,4)7-14-13(5)18;/h8-9,14,18H,6-7H2,1-5H3,(H,15,16);1H4/t9-;/m0./s1. The van der Waals surface area contributed by atoms with Crippen molar-refractivity contribution >= 4 is 19.0 Å². The van der Waals surface area contributed by atoms with Crippen molar-refractivity contribution < 1.29 is 24.5 Å². The van der Waals surface area contributed by atoms with E-state index in [0.717, 1.165) is 0 Å². The van der Waals surface area contributed by atoms with Crippen LogP contribution in [0, 0.1) is 11.3 Å². The minimum Gasteiger partial charge on any atom is -0.479 e. The van der Waals surface area contributed by atoms with E-state index < -0.39 is 30.5 Å². The van der Waals surface area contributed by atoms with Crippen LogP contribution in [0.25, 0.3) is 0 Å². The van der Waals surface area contributed by atoms with Crippen molar-refractivity contribution in [1.29, 1.82) is 0 Å². The van der Waals surface area contributed by atoms with Gasteiger partial charge in [0.05, 0.1) is 5.41 Å². The Morgan fingerprint density at radius 2 is 1.85 bits per heavy atom. The van der Waals surface area contributed by atoms with Crippen molar-refractivity contribution in [3.8, 4) is 0 Å². The highest BCUT2D eigenvalue weighted by molar-refractivity contribution is 6.45. The fraction of sp³-hybridized carbons (Fsp3) is 0.846. The molecule has 0 aliphatic carbocycles. The molecule has 7 heteroatoms. The minimum atomic E-state index is -1.14. The first-order chi connectivity index (χ1) is 8.56. The van der Waals surface area contributed by atoms with E-state index in [9.17, 15) is 9.59 Å². The van der Waals surface area contributed by atoms with Gasteiger partial charge in [0.15, 0.2) is 6.10 Å². The number of carbonyl (C=O) groups is 2. The molecular weight excluding hydrogens is 261 g/mol. The lowest BCUT2D eigenvalue weighted by Crippen LogP contribution is -2.44. The van der Waals surface area contributed by atoms with Crippen molar-refractivity contribution in [1.82, 2.24) is 5.23 Å². The Hall–Kier alpha value is -1.08. The Bertz CT molecular complexity index is 318. The second kappa shape index (κ2) is 8.97. The van der Waals surface area contributed by atoms with Crippen molar-refractivity contribution in [2.45, 2.75) is 54.5 Å². The summed E-state index contributed by atoms with van der Waals surface area (Å²) in [4.78, 5) is 23.0. The summed E-state index contributed by atoms with van der Waals surface area (Å²) in [5.74, 6) is -1.61. The quantitative estimate of drug-likeness (QED) is 0.461. The summed E-state index contributed by atoms with van der Waals surface area (Å²) in [5.41, 5.74) is -0.901. The zero-order valence-electron chi connectivity index (χ0n) is 12.3. The first-order valence-corrected chi connectivity index (χ1v) is 6.41. The fourth-order valence-electron chi connectivity index (χ4n) is 1.39. The topological polar surface area (TPSA) is 95.9 Å². The van der Waals surface area contributed by atoms with Crippen LogP contribution in [0.1, 0.15) is 41.5 Å². The largest absolute Gasteiger partial charge is 0.479 e. The van der Waals surface area contributed by atoms with Crippen LogP contribution >= 0.6 is 0 Å². The molecule has 0 bridgehead atoms. The van der Waals surface area contributed by atoms with Gasteiger partial charge in [0.25, 0.3) is 0 Å². The van der Waals surface area contributed by atoms with Crippen molar-refractivity contribution in [3.05, 3.63) is 0 Å². The summed E-state index contributed by atoms with van der Waals surface area (Å²) in [6, 6.07) is 0. The lowest BCUT2D eigenvalue weighted by Gasteiger charge is -2.26. The first-order valence-electron chi connectivity index (χ1n) is 6.41. The van der Waals surface area contributed by atoms with Crippen LogP contribution in [0.2, 0.25) is 6.82 Å². The smallest absolute Gasteiger partial charge is 0.373 e. The van der Waals surface area contributed by atoms with E-state index in [1.807, 2.05) is 13.8 Å². The maximum absolute atomic E-state index is 12.0. The summed E-state index contributed by atoms with van der Waals surface area (Å²) in [6.07, 6.45) is -0.848. The van der Waals surface area contributed by atoms with Gasteiger partial charge < -0.3 is 20.1 Å². The van der Waals surface area contributed by atoms with E-state index in [4.69, 9.17) is 14.9 Å². The van der Waals surface area contributed by atoms with Gasteiger partial charge in [0.1, 0.15) is 0 Å². The van der Waals surface area contributed by atoms with Gasteiger partial charge in [-0.15, -0.1) is 0 Å². The highest BCUT2D eigenvalue weighted by Crippen LogP contribution is 2.19. The summed E-state index contributed by atoms with van der Waals surface area (Å²) in [7, 11) is -0.738. The van der Waals surface area contributed by atoms with Crippen LogP contribution in [0.5, 0.6) is 0 Å². The normalized spacial score (nSPS) is 12.6. The van der Waals surface area contributed by atoms with Gasteiger partial charge in [-0.25, -0.2) is 4.79 Å². The van der Waals surface area contributed by atoms with Crippen molar-refractivity contribution in [2.75, 3.05) is 6.54 Å². The molecule has 118 valence electrons. The monoisotopic (exact) mass is 289 g/mol. The fourth-order valence-corrected chi connectivity index (χ4v) is 1.39. The molecule has 0 aliphatic rings. The summed E-state index contributed by atoms with van der Waals surface area (Å²) < 4.78 is 5.06. The Labute approximate surface area is 122 Å². The molecule has 0 spiro atoms. The molecule has 0 saturated heterocycles. The van der Waals surface area contributed by atoms with Crippen molar-refractivity contribution in [3.63, 3.8) is 0 Å². The maximum Gasteiger partial charge on any atom is 0.373 e. The molecule has 0 fully saturated rings. The number of rotatable bonds is 8. The molecular formula is C13H28BNO5. The third kappa shape index (κ3) is 8.17. The van der Waals surface area contributed by atoms with Crippen LogP contribution < -0.4 is 5.23 Å². The molecule has 0 aromatic carbocycles. The van der Waals surface area contributed by atoms with Crippen LogP contribution in [0.3, 0.4) is 0 Å². The van der Waals surface area contributed by atoms with E-state index >= 15 is 0 Å². The van der Waals surface area contributed by atoms with E-state index in [1.165, 1.54) is 0 Å². The molecule has 0 saturated carbocycles. The number of ether oxygens (including phenoxy) is 1. The summed E-state index contributed by atoms with van der Waals surface area (Å²) in [5, 5.41) is 20.9. The predicted octanol–water partition coefficient (Wildman–Crippen LogP) is 1.39. The van der Waals surface area contributed by atoms with E-state index in [2.05, 4.69) is 5.23 Å². The van der Waals surface area contributed by atoms with Gasteiger partial charge in [-0.05, 0) is 33.0 Å². The highest BCUT2D eigenvalue weighted by atomic mass is 16.6. The van der Waals surface area contributed by atoms with Crippen LogP contribution in [0.15, 0.2) is 0 Å². The third-order valence-electron chi connectivity index (χ3n) is 2.60. The van der Waals surface area contributed by atoms with E-state index in [0.29, 0.717) is 0 Å². The third-order valence-corrected chi connectivity index (χ3v) is 2.60. The first kappa shape index (κ1) is 21.2. The van der Waals surface area contributed by atoms with Gasteiger partial charge in [0, 0.05) is 6.54 Å². The molecule has 0 rings (SSSR count). The molecule has 0 aromatic heterocycles. The van der Waals surface area contributed by atoms with E-state index in [-0.39, 0.29) is 26.3 Å².